The molecule has 0 aromatic heterocycles. The molecule has 60 valence electrons. The van der Waals surface area contributed by atoms with Crippen molar-refractivity contribution in [1.82, 2.24) is 4.90 Å². The fourth-order valence-corrected chi connectivity index (χ4v) is 1.17. The van der Waals surface area contributed by atoms with Crippen molar-refractivity contribution in [2.24, 2.45) is 10.7 Å². The summed E-state index contributed by atoms with van der Waals surface area (Å²) in [6.45, 7) is 2.45. The summed E-state index contributed by atoms with van der Waals surface area (Å²) in [4.78, 5) is 6.08. The van der Waals surface area contributed by atoms with Crippen LogP contribution in [0.5, 0.6) is 0 Å². The summed E-state index contributed by atoms with van der Waals surface area (Å²) in [6.07, 6.45) is 7.47. The van der Waals surface area contributed by atoms with Crippen LogP contribution in [0.25, 0.3) is 0 Å². The Hall–Kier alpha value is -1.17. The molecule has 1 rings (SSSR count). The second-order valence-electron chi connectivity index (χ2n) is 2.57. The zero-order chi connectivity index (χ0) is 8.10. The van der Waals surface area contributed by atoms with Gasteiger partial charge in [-0.15, -0.1) is 6.42 Å². The second-order valence-corrected chi connectivity index (χ2v) is 2.57. The molecular formula is C8H13N3. The van der Waals surface area contributed by atoms with E-state index in [4.69, 9.17) is 12.2 Å². The topological polar surface area (TPSA) is 41.6 Å². The molecule has 11 heavy (non-hydrogen) atoms. The molecule has 0 saturated carbocycles. The van der Waals surface area contributed by atoms with Crippen LogP contribution in [0.4, 0.5) is 0 Å². The van der Waals surface area contributed by atoms with E-state index in [1.165, 1.54) is 12.8 Å². The highest BCUT2D eigenvalue weighted by Crippen LogP contribution is 2.05. The normalized spacial score (nSPS) is 18.5. The summed E-state index contributed by atoms with van der Waals surface area (Å²) in [5.74, 6) is 3.03. The quantitative estimate of drug-likeness (QED) is 0.326. The molecule has 1 saturated heterocycles. The zero-order valence-electron chi connectivity index (χ0n) is 6.58. The predicted molar refractivity (Wildman–Crippen MR) is 46.1 cm³/mol. The van der Waals surface area contributed by atoms with Crippen LogP contribution >= 0.6 is 0 Å². The molecule has 0 bridgehead atoms. The van der Waals surface area contributed by atoms with Gasteiger partial charge in [-0.3, -0.25) is 0 Å². The van der Waals surface area contributed by atoms with Crippen LogP contribution in [-0.2, 0) is 0 Å². The molecule has 2 N–H and O–H groups in total. The molecule has 0 radical (unpaired) electrons. The van der Waals surface area contributed by atoms with Crippen LogP contribution in [0, 0.1) is 12.3 Å². The van der Waals surface area contributed by atoms with Crippen molar-refractivity contribution in [2.75, 3.05) is 19.6 Å². The van der Waals surface area contributed by atoms with E-state index in [0.717, 1.165) is 13.1 Å². The fraction of sp³-hybridized carbons (Fsp3) is 0.625. The minimum Gasteiger partial charge on any atom is -0.370 e. The highest BCUT2D eigenvalue weighted by Gasteiger charge is 2.12. The molecule has 0 aromatic rings. The van der Waals surface area contributed by atoms with E-state index in [1.54, 1.807) is 0 Å². The van der Waals surface area contributed by atoms with Gasteiger partial charge >= 0.3 is 0 Å². The number of hydrogen-bond donors (Lipinski definition) is 1. The van der Waals surface area contributed by atoms with Gasteiger partial charge in [-0.1, -0.05) is 5.92 Å². The molecule has 3 nitrogen and oxygen atoms in total. The van der Waals surface area contributed by atoms with Gasteiger partial charge < -0.3 is 10.6 Å². The Kier molecular flexibility index (Phi) is 2.79. The molecule has 0 amide bonds. The van der Waals surface area contributed by atoms with Gasteiger partial charge in [0.05, 0.1) is 0 Å². The summed E-state index contributed by atoms with van der Waals surface area (Å²) in [5.41, 5.74) is 5.65. The molecule has 1 heterocycles. The monoisotopic (exact) mass is 151 g/mol. The third kappa shape index (κ3) is 2.15. The van der Waals surface area contributed by atoms with Crippen LogP contribution in [0.2, 0.25) is 0 Å². The first-order valence-corrected chi connectivity index (χ1v) is 3.83. The fourth-order valence-electron chi connectivity index (χ4n) is 1.17. The average molecular weight is 151 g/mol. The molecule has 1 fully saturated rings. The summed E-state index contributed by atoms with van der Waals surface area (Å²) >= 11 is 0. The van der Waals surface area contributed by atoms with Gasteiger partial charge in [-0.25, -0.2) is 4.99 Å². The smallest absolute Gasteiger partial charge is 0.192 e. The highest BCUT2D eigenvalue weighted by atomic mass is 15.3. The first-order chi connectivity index (χ1) is 5.34. The lowest BCUT2D eigenvalue weighted by Gasteiger charge is -2.14. The lowest BCUT2D eigenvalue weighted by Crippen LogP contribution is -2.34. The molecule has 1 aliphatic heterocycles. The van der Waals surface area contributed by atoms with Gasteiger partial charge in [0.15, 0.2) is 5.96 Å². The van der Waals surface area contributed by atoms with Gasteiger partial charge in [0.25, 0.3) is 0 Å². The second kappa shape index (κ2) is 3.87. The van der Waals surface area contributed by atoms with Crippen LogP contribution in [0.15, 0.2) is 4.99 Å². The molecule has 1 aliphatic rings. The number of aliphatic imine (C=N–C) groups is 1. The SMILES string of the molecule is C#CCN=C(N)N1CCCC1. The molecule has 0 aromatic carbocycles. The Morgan fingerprint density at radius 1 is 1.55 bits per heavy atom. The standard InChI is InChI=1S/C8H13N3/c1-2-5-10-8(9)11-6-3-4-7-11/h1H,3-7H2,(H2,9,10). The van der Waals surface area contributed by atoms with Gasteiger partial charge in [-0.05, 0) is 12.8 Å². The predicted octanol–water partition coefficient (Wildman–Crippen LogP) is 0.0301. The number of hydrogen-bond acceptors (Lipinski definition) is 1. The Bertz CT molecular complexity index is 184. The molecule has 0 atom stereocenters. The molecule has 0 spiro atoms. The van der Waals surface area contributed by atoms with E-state index >= 15 is 0 Å². The summed E-state index contributed by atoms with van der Waals surface area (Å²) in [7, 11) is 0. The summed E-state index contributed by atoms with van der Waals surface area (Å²) < 4.78 is 0. The first-order valence-electron chi connectivity index (χ1n) is 3.83. The van der Waals surface area contributed by atoms with E-state index in [-0.39, 0.29) is 0 Å². The largest absolute Gasteiger partial charge is 0.370 e. The third-order valence-electron chi connectivity index (χ3n) is 1.76. The Morgan fingerprint density at radius 3 is 2.73 bits per heavy atom. The molecule has 0 aliphatic carbocycles. The Morgan fingerprint density at radius 2 is 2.18 bits per heavy atom. The molecule has 3 heteroatoms. The van der Waals surface area contributed by atoms with E-state index in [1.807, 2.05) is 0 Å². The number of likely N-dealkylation sites (tertiary alicyclic amines) is 1. The minimum absolute atomic E-state index is 0.391. The van der Waals surface area contributed by atoms with Gasteiger partial charge in [0.1, 0.15) is 6.54 Å². The minimum atomic E-state index is 0.391. The van der Waals surface area contributed by atoms with Crippen LogP contribution in [0.1, 0.15) is 12.8 Å². The van der Waals surface area contributed by atoms with Crippen molar-refractivity contribution in [3.05, 3.63) is 0 Å². The van der Waals surface area contributed by atoms with Crippen molar-refractivity contribution < 1.29 is 0 Å². The van der Waals surface area contributed by atoms with Crippen molar-refractivity contribution in [3.8, 4) is 12.3 Å². The zero-order valence-corrected chi connectivity index (χ0v) is 6.58. The maximum absolute atomic E-state index is 5.65. The molecule has 0 unspecified atom stereocenters. The van der Waals surface area contributed by atoms with Crippen LogP contribution < -0.4 is 5.73 Å². The summed E-state index contributed by atoms with van der Waals surface area (Å²) in [6, 6.07) is 0. The van der Waals surface area contributed by atoms with E-state index < -0.39 is 0 Å². The lowest BCUT2D eigenvalue weighted by atomic mass is 10.4. The number of nitrogens with two attached hydrogens (primary N) is 1. The van der Waals surface area contributed by atoms with E-state index in [2.05, 4.69) is 15.8 Å². The van der Waals surface area contributed by atoms with Gasteiger partial charge in [-0.2, -0.15) is 0 Å². The van der Waals surface area contributed by atoms with E-state index in [9.17, 15) is 0 Å². The Balaban J connectivity index is 2.40. The number of rotatable bonds is 1. The maximum Gasteiger partial charge on any atom is 0.192 e. The van der Waals surface area contributed by atoms with Crippen molar-refractivity contribution in [1.29, 1.82) is 0 Å². The van der Waals surface area contributed by atoms with Crippen molar-refractivity contribution >= 4 is 5.96 Å². The molecular weight excluding hydrogens is 138 g/mol. The van der Waals surface area contributed by atoms with Gasteiger partial charge in [0.2, 0.25) is 0 Å². The number of terminal acetylenes is 1. The average Bonchev–Trinajstić information content (AvgIpc) is 2.52. The number of nitrogens with zero attached hydrogens (tertiary/aromatic N) is 2. The number of guanidine groups is 1. The third-order valence-corrected chi connectivity index (χ3v) is 1.76. The van der Waals surface area contributed by atoms with Crippen LogP contribution in [0.3, 0.4) is 0 Å². The van der Waals surface area contributed by atoms with Crippen molar-refractivity contribution in [2.45, 2.75) is 12.8 Å². The van der Waals surface area contributed by atoms with Gasteiger partial charge in [0, 0.05) is 13.1 Å². The lowest BCUT2D eigenvalue weighted by molar-refractivity contribution is 0.512. The Labute approximate surface area is 67.3 Å². The maximum atomic E-state index is 5.65. The van der Waals surface area contributed by atoms with E-state index in [0.29, 0.717) is 12.5 Å². The van der Waals surface area contributed by atoms with Crippen molar-refractivity contribution in [3.63, 3.8) is 0 Å². The highest BCUT2D eigenvalue weighted by molar-refractivity contribution is 5.78. The summed E-state index contributed by atoms with van der Waals surface area (Å²) in [5, 5.41) is 0. The first kappa shape index (κ1) is 7.93. The van der Waals surface area contributed by atoms with Crippen LogP contribution in [-0.4, -0.2) is 30.5 Å².